The quantitative estimate of drug-likeness (QED) is 0.774. The molecule has 4 aliphatic heterocycles. The van der Waals surface area contributed by atoms with Gasteiger partial charge in [-0.15, -0.1) is 0 Å². The fourth-order valence-electron chi connectivity index (χ4n) is 5.58. The molecule has 0 saturated carbocycles. The Hall–Kier alpha value is -2.74. The SMILES string of the molecule is CC1CN(C(=O)NC2(C)CCN3CCC2CC3)CCN1c1nccc(-c2ccc(F)cc2)n1. The van der Waals surface area contributed by atoms with E-state index in [1.807, 2.05) is 11.0 Å². The van der Waals surface area contributed by atoms with Gasteiger partial charge in [0.1, 0.15) is 5.82 Å². The van der Waals surface area contributed by atoms with E-state index in [4.69, 9.17) is 4.98 Å². The number of halogens is 1. The molecule has 4 saturated heterocycles. The van der Waals surface area contributed by atoms with E-state index in [0.717, 1.165) is 37.3 Å². The molecule has 5 heterocycles. The van der Waals surface area contributed by atoms with Crippen molar-refractivity contribution in [2.24, 2.45) is 5.92 Å². The minimum Gasteiger partial charge on any atom is -0.335 e. The number of rotatable bonds is 3. The maximum atomic E-state index is 13.3. The number of urea groups is 1. The molecule has 2 aromatic rings. The van der Waals surface area contributed by atoms with E-state index >= 15 is 0 Å². The van der Waals surface area contributed by atoms with Crippen LogP contribution in [0.4, 0.5) is 15.1 Å². The van der Waals surface area contributed by atoms with Crippen LogP contribution in [0.3, 0.4) is 0 Å². The highest BCUT2D eigenvalue weighted by molar-refractivity contribution is 5.75. The van der Waals surface area contributed by atoms with E-state index in [-0.39, 0.29) is 23.4 Å². The number of nitrogens with zero attached hydrogens (tertiary/aromatic N) is 5. The summed E-state index contributed by atoms with van der Waals surface area (Å²) in [4.78, 5) is 29.1. The average molecular weight is 453 g/mol. The van der Waals surface area contributed by atoms with Crippen molar-refractivity contribution in [2.75, 3.05) is 44.2 Å². The van der Waals surface area contributed by atoms with E-state index < -0.39 is 0 Å². The van der Waals surface area contributed by atoms with Crippen LogP contribution in [0.5, 0.6) is 0 Å². The molecule has 0 radical (unpaired) electrons. The van der Waals surface area contributed by atoms with Gasteiger partial charge in [0.2, 0.25) is 5.95 Å². The molecule has 176 valence electrons. The zero-order valence-electron chi connectivity index (χ0n) is 19.5. The van der Waals surface area contributed by atoms with Gasteiger partial charge < -0.3 is 20.0 Å². The molecule has 33 heavy (non-hydrogen) atoms. The van der Waals surface area contributed by atoms with Crippen molar-refractivity contribution in [3.05, 3.63) is 42.3 Å². The summed E-state index contributed by atoms with van der Waals surface area (Å²) in [5.74, 6) is 0.937. The molecule has 1 aromatic carbocycles. The lowest BCUT2D eigenvalue weighted by Gasteiger charge is -2.43. The fraction of sp³-hybridized carbons (Fsp3) is 0.560. The third-order valence-corrected chi connectivity index (χ3v) is 7.78. The second-order valence-electron chi connectivity index (χ2n) is 9.95. The van der Waals surface area contributed by atoms with Gasteiger partial charge in [-0.1, -0.05) is 0 Å². The molecule has 2 atom stereocenters. The molecule has 4 fully saturated rings. The molecule has 1 N–H and O–H groups in total. The maximum absolute atomic E-state index is 13.3. The molecule has 7 nitrogen and oxygen atoms in total. The van der Waals surface area contributed by atoms with Gasteiger partial charge in [-0.3, -0.25) is 0 Å². The molecule has 2 unspecified atom stereocenters. The first-order valence-electron chi connectivity index (χ1n) is 12.1. The number of hydrogen-bond acceptors (Lipinski definition) is 5. The molecule has 4 aliphatic rings. The first-order valence-corrected chi connectivity index (χ1v) is 12.1. The Morgan fingerprint density at radius 1 is 1.09 bits per heavy atom. The number of carbonyl (C=O) groups is 1. The Kier molecular flexibility index (Phi) is 5.95. The summed E-state index contributed by atoms with van der Waals surface area (Å²) in [6, 6.07) is 8.31. The van der Waals surface area contributed by atoms with Crippen LogP contribution in [0.15, 0.2) is 36.5 Å². The van der Waals surface area contributed by atoms with Crippen molar-refractivity contribution >= 4 is 12.0 Å². The van der Waals surface area contributed by atoms with Crippen molar-refractivity contribution in [3.8, 4) is 11.3 Å². The number of aromatic nitrogens is 2. The number of anilines is 1. The Morgan fingerprint density at radius 2 is 1.85 bits per heavy atom. The first-order chi connectivity index (χ1) is 15.9. The van der Waals surface area contributed by atoms with Crippen LogP contribution in [0.2, 0.25) is 0 Å². The smallest absolute Gasteiger partial charge is 0.317 e. The van der Waals surface area contributed by atoms with Crippen molar-refractivity contribution in [2.45, 2.75) is 44.7 Å². The van der Waals surface area contributed by atoms with Crippen molar-refractivity contribution in [3.63, 3.8) is 0 Å². The Bertz CT molecular complexity index is 993. The third kappa shape index (κ3) is 4.53. The van der Waals surface area contributed by atoms with E-state index in [0.29, 0.717) is 31.5 Å². The van der Waals surface area contributed by atoms with E-state index in [9.17, 15) is 9.18 Å². The minimum absolute atomic E-state index is 0.0466. The molecule has 8 heteroatoms. The van der Waals surface area contributed by atoms with Crippen LogP contribution in [-0.4, -0.2) is 76.6 Å². The summed E-state index contributed by atoms with van der Waals surface area (Å²) in [7, 11) is 0. The summed E-state index contributed by atoms with van der Waals surface area (Å²) in [5, 5.41) is 3.42. The topological polar surface area (TPSA) is 64.6 Å². The second-order valence-corrected chi connectivity index (χ2v) is 9.95. The highest BCUT2D eigenvalue weighted by Crippen LogP contribution is 2.35. The predicted octanol–water partition coefficient (Wildman–Crippen LogP) is 3.38. The van der Waals surface area contributed by atoms with Gasteiger partial charge in [-0.05, 0) is 82.4 Å². The number of benzene rings is 1. The zero-order valence-corrected chi connectivity index (χ0v) is 19.5. The number of carbonyl (C=O) groups excluding carboxylic acids is 1. The van der Waals surface area contributed by atoms with Gasteiger partial charge in [0.05, 0.1) is 5.69 Å². The number of piperidine rings is 1. The molecule has 6 rings (SSSR count). The highest BCUT2D eigenvalue weighted by Gasteiger charge is 2.42. The normalized spacial score (nSPS) is 29.6. The van der Waals surface area contributed by atoms with Crippen LogP contribution in [0, 0.1) is 11.7 Å². The van der Waals surface area contributed by atoms with Gasteiger partial charge in [-0.25, -0.2) is 19.2 Å². The van der Waals surface area contributed by atoms with Gasteiger partial charge in [0, 0.05) is 49.5 Å². The Labute approximate surface area is 195 Å². The number of piperazine rings is 1. The van der Waals surface area contributed by atoms with Gasteiger partial charge >= 0.3 is 6.03 Å². The summed E-state index contributed by atoms with van der Waals surface area (Å²) < 4.78 is 13.3. The van der Waals surface area contributed by atoms with Crippen LogP contribution in [0.1, 0.15) is 33.1 Å². The molecule has 0 spiro atoms. The number of hydrogen-bond donors (Lipinski definition) is 1. The minimum atomic E-state index is -0.265. The first kappa shape index (κ1) is 22.1. The number of fused-ring (bicyclic) bond motifs is 4. The third-order valence-electron chi connectivity index (χ3n) is 7.78. The van der Waals surface area contributed by atoms with Crippen LogP contribution in [-0.2, 0) is 0 Å². The Balaban J connectivity index is 1.24. The predicted molar refractivity (Wildman–Crippen MR) is 127 cm³/mol. The number of amides is 2. The monoisotopic (exact) mass is 452 g/mol. The van der Waals surface area contributed by atoms with Crippen LogP contribution < -0.4 is 10.2 Å². The molecule has 0 aliphatic carbocycles. The van der Waals surface area contributed by atoms with Crippen molar-refractivity contribution in [1.29, 1.82) is 0 Å². The van der Waals surface area contributed by atoms with E-state index in [2.05, 4.69) is 33.9 Å². The number of nitrogens with one attached hydrogen (secondary N) is 1. The largest absolute Gasteiger partial charge is 0.335 e. The average Bonchev–Trinajstić information content (AvgIpc) is 3.08. The molecule has 2 bridgehead atoms. The lowest BCUT2D eigenvalue weighted by atomic mass is 9.79. The summed E-state index contributed by atoms with van der Waals surface area (Å²) in [6.07, 6.45) is 5.10. The standard InChI is InChI=1S/C25H33FN6O/c1-18-17-31(24(33)29-25(2)10-14-30-12-8-20(25)9-13-30)15-16-32(18)23-27-11-7-22(28-23)19-3-5-21(26)6-4-19/h3-7,11,18,20H,8-10,12-17H2,1-2H3,(H,29,33). The fourth-order valence-corrected chi connectivity index (χ4v) is 5.58. The van der Waals surface area contributed by atoms with Gasteiger partial charge in [-0.2, -0.15) is 0 Å². The molecule has 1 aromatic heterocycles. The molecular formula is C25H33FN6O. The molecular weight excluding hydrogens is 419 g/mol. The lowest BCUT2D eigenvalue weighted by molar-refractivity contribution is 0.148. The van der Waals surface area contributed by atoms with Crippen molar-refractivity contribution in [1.82, 2.24) is 25.1 Å². The lowest BCUT2D eigenvalue weighted by Crippen LogP contribution is -2.61. The summed E-state index contributed by atoms with van der Waals surface area (Å²) in [6.45, 7) is 9.66. The van der Waals surface area contributed by atoms with Gasteiger partial charge in [0.25, 0.3) is 0 Å². The second kappa shape index (κ2) is 8.89. The molecule has 2 amide bonds. The summed E-state index contributed by atoms with van der Waals surface area (Å²) >= 11 is 0. The van der Waals surface area contributed by atoms with E-state index in [1.54, 1.807) is 18.3 Å². The van der Waals surface area contributed by atoms with Crippen LogP contribution in [0.25, 0.3) is 11.3 Å². The van der Waals surface area contributed by atoms with Crippen LogP contribution >= 0.6 is 0 Å². The Morgan fingerprint density at radius 3 is 2.58 bits per heavy atom. The van der Waals surface area contributed by atoms with Gasteiger partial charge in [0.15, 0.2) is 0 Å². The highest BCUT2D eigenvalue weighted by atomic mass is 19.1. The summed E-state index contributed by atoms with van der Waals surface area (Å²) in [5.41, 5.74) is 1.49. The van der Waals surface area contributed by atoms with Crippen molar-refractivity contribution < 1.29 is 9.18 Å². The van der Waals surface area contributed by atoms with E-state index in [1.165, 1.54) is 25.0 Å². The zero-order chi connectivity index (χ0) is 23.0. The maximum Gasteiger partial charge on any atom is 0.317 e.